The van der Waals surface area contributed by atoms with Crippen LogP contribution in [0.4, 0.5) is 0 Å². The molecule has 11 heavy (non-hydrogen) atoms. The highest BCUT2D eigenvalue weighted by Gasteiger charge is 2.06. The number of rotatable bonds is 3. The van der Waals surface area contributed by atoms with Crippen LogP contribution in [0.2, 0.25) is 0 Å². The number of halogens is 1. The van der Waals surface area contributed by atoms with E-state index < -0.39 is 0 Å². The lowest BCUT2D eigenvalue weighted by atomic mass is 10.2. The molecule has 0 bridgehead atoms. The maximum Gasteiger partial charge on any atom is 0.0402 e. The molecule has 4 N–H and O–H groups in total. The number of hydrogen-bond acceptors (Lipinski definition) is 3. The van der Waals surface area contributed by atoms with Crippen LogP contribution < -0.4 is 11.5 Å². The monoisotopic (exact) mass is 234 g/mol. The molecule has 1 aromatic heterocycles. The largest absolute Gasteiger partial charge is 0.330 e. The van der Waals surface area contributed by atoms with E-state index in [9.17, 15) is 0 Å². The van der Waals surface area contributed by atoms with Gasteiger partial charge in [-0.2, -0.15) is 0 Å². The lowest BCUT2D eigenvalue weighted by Gasteiger charge is -2.05. The third-order valence-electron chi connectivity index (χ3n) is 1.43. The first-order valence-electron chi connectivity index (χ1n) is 3.43. The van der Waals surface area contributed by atoms with Gasteiger partial charge in [-0.1, -0.05) is 0 Å². The van der Waals surface area contributed by atoms with Gasteiger partial charge in [0.2, 0.25) is 0 Å². The molecule has 1 atom stereocenters. The minimum atomic E-state index is 0.108. The van der Waals surface area contributed by atoms with Crippen molar-refractivity contribution in [2.45, 2.75) is 12.5 Å². The highest BCUT2D eigenvalue weighted by Crippen LogP contribution is 2.25. The fourth-order valence-corrected chi connectivity index (χ4v) is 2.33. The van der Waals surface area contributed by atoms with Crippen LogP contribution in [0, 0.1) is 0 Å². The van der Waals surface area contributed by atoms with E-state index in [2.05, 4.69) is 15.9 Å². The highest BCUT2D eigenvalue weighted by molar-refractivity contribution is 9.10. The summed E-state index contributed by atoms with van der Waals surface area (Å²) in [6.07, 6.45) is 0.854. The van der Waals surface area contributed by atoms with Crippen molar-refractivity contribution in [1.82, 2.24) is 0 Å². The van der Waals surface area contributed by atoms with Crippen molar-refractivity contribution in [1.29, 1.82) is 0 Å². The normalized spacial score (nSPS) is 13.4. The zero-order chi connectivity index (χ0) is 8.27. The molecule has 1 aromatic rings. The summed E-state index contributed by atoms with van der Waals surface area (Å²) in [5.41, 5.74) is 11.2. The molecule has 0 fully saturated rings. The quantitative estimate of drug-likeness (QED) is 0.840. The van der Waals surface area contributed by atoms with Crippen LogP contribution in [-0.2, 0) is 0 Å². The fourth-order valence-electron chi connectivity index (χ4n) is 0.845. The second kappa shape index (κ2) is 4.21. The standard InChI is InChI=1S/C7H11BrN2S/c8-5-3-7(11-4-5)6(10)1-2-9/h3-4,6H,1-2,9-10H2/t6-/m1/s1. The number of nitrogens with two attached hydrogens (primary N) is 2. The van der Waals surface area contributed by atoms with Gasteiger partial charge in [-0.05, 0) is 35.0 Å². The van der Waals surface area contributed by atoms with Crippen LogP contribution in [-0.4, -0.2) is 6.54 Å². The van der Waals surface area contributed by atoms with E-state index in [1.807, 2.05) is 11.4 Å². The van der Waals surface area contributed by atoms with Crippen LogP contribution in [0.15, 0.2) is 15.9 Å². The van der Waals surface area contributed by atoms with Crippen molar-refractivity contribution in [2.75, 3.05) is 6.54 Å². The Morgan fingerprint density at radius 3 is 2.82 bits per heavy atom. The van der Waals surface area contributed by atoms with E-state index in [4.69, 9.17) is 11.5 Å². The van der Waals surface area contributed by atoms with Gasteiger partial charge in [-0.3, -0.25) is 0 Å². The highest BCUT2D eigenvalue weighted by atomic mass is 79.9. The first kappa shape index (κ1) is 9.19. The summed E-state index contributed by atoms with van der Waals surface area (Å²) >= 11 is 5.05. The summed E-state index contributed by atoms with van der Waals surface area (Å²) in [4.78, 5) is 1.20. The molecule has 0 aromatic carbocycles. The summed E-state index contributed by atoms with van der Waals surface area (Å²) in [6.45, 7) is 0.649. The van der Waals surface area contributed by atoms with Crippen LogP contribution >= 0.6 is 27.3 Å². The molecular weight excluding hydrogens is 224 g/mol. The summed E-state index contributed by atoms with van der Waals surface area (Å²) in [6, 6.07) is 2.15. The number of thiophene rings is 1. The molecule has 1 heterocycles. The average molecular weight is 235 g/mol. The van der Waals surface area contributed by atoms with E-state index in [1.165, 1.54) is 4.88 Å². The second-order valence-corrected chi connectivity index (χ2v) is 4.21. The van der Waals surface area contributed by atoms with Crippen LogP contribution in [0.3, 0.4) is 0 Å². The van der Waals surface area contributed by atoms with Gasteiger partial charge in [0.25, 0.3) is 0 Å². The number of hydrogen-bond donors (Lipinski definition) is 2. The zero-order valence-electron chi connectivity index (χ0n) is 6.09. The van der Waals surface area contributed by atoms with E-state index in [-0.39, 0.29) is 6.04 Å². The Morgan fingerprint density at radius 2 is 2.36 bits per heavy atom. The maximum absolute atomic E-state index is 5.83. The first-order valence-corrected chi connectivity index (χ1v) is 5.11. The van der Waals surface area contributed by atoms with Gasteiger partial charge in [-0.25, -0.2) is 0 Å². The molecule has 0 aliphatic rings. The van der Waals surface area contributed by atoms with Gasteiger partial charge >= 0.3 is 0 Å². The Kier molecular flexibility index (Phi) is 3.51. The summed E-state index contributed by atoms with van der Waals surface area (Å²) < 4.78 is 1.10. The predicted octanol–water partition coefficient (Wildman–Crippen LogP) is 1.86. The van der Waals surface area contributed by atoms with Crippen LogP contribution in [0.1, 0.15) is 17.3 Å². The third-order valence-corrected chi connectivity index (χ3v) is 3.26. The molecule has 0 amide bonds. The molecule has 0 aliphatic heterocycles. The Balaban J connectivity index is 2.60. The smallest absolute Gasteiger partial charge is 0.0402 e. The summed E-state index contributed by atoms with van der Waals surface area (Å²) in [5.74, 6) is 0. The van der Waals surface area contributed by atoms with Crippen molar-refractivity contribution in [3.63, 3.8) is 0 Å². The minimum absolute atomic E-state index is 0.108. The SMILES string of the molecule is NCC[C@@H](N)c1cc(Br)cs1. The second-order valence-electron chi connectivity index (χ2n) is 2.35. The lowest BCUT2D eigenvalue weighted by molar-refractivity contribution is 0.672. The lowest BCUT2D eigenvalue weighted by Crippen LogP contribution is -2.13. The third kappa shape index (κ3) is 2.56. The summed E-state index contributed by atoms with van der Waals surface area (Å²) in [7, 11) is 0. The van der Waals surface area contributed by atoms with E-state index in [1.54, 1.807) is 11.3 Å². The van der Waals surface area contributed by atoms with E-state index in [0.29, 0.717) is 6.54 Å². The van der Waals surface area contributed by atoms with Crippen LogP contribution in [0.25, 0.3) is 0 Å². The van der Waals surface area contributed by atoms with Crippen molar-refractivity contribution in [3.05, 3.63) is 20.8 Å². The van der Waals surface area contributed by atoms with E-state index in [0.717, 1.165) is 10.9 Å². The summed E-state index contributed by atoms with van der Waals surface area (Å²) in [5, 5.41) is 2.03. The Bertz CT molecular complexity index is 224. The topological polar surface area (TPSA) is 52.0 Å². The predicted molar refractivity (Wildman–Crippen MR) is 52.6 cm³/mol. The van der Waals surface area contributed by atoms with Gasteiger partial charge in [0, 0.05) is 20.8 Å². The fraction of sp³-hybridized carbons (Fsp3) is 0.429. The molecule has 0 spiro atoms. The molecule has 62 valence electrons. The maximum atomic E-state index is 5.83. The Hall–Kier alpha value is 0.1000. The Morgan fingerprint density at radius 1 is 1.64 bits per heavy atom. The van der Waals surface area contributed by atoms with Gasteiger partial charge in [-0.15, -0.1) is 11.3 Å². The van der Waals surface area contributed by atoms with Crippen molar-refractivity contribution >= 4 is 27.3 Å². The minimum Gasteiger partial charge on any atom is -0.330 e. The molecule has 4 heteroatoms. The van der Waals surface area contributed by atoms with Crippen molar-refractivity contribution in [2.24, 2.45) is 11.5 Å². The molecule has 0 radical (unpaired) electrons. The van der Waals surface area contributed by atoms with Gasteiger partial charge < -0.3 is 11.5 Å². The van der Waals surface area contributed by atoms with Gasteiger partial charge in [0.15, 0.2) is 0 Å². The van der Waals surface area contributed by atoms with Crippen LogP contribution in [0.5, 0.6) is 0 Å². The molecule has 1 rings (SSSR count). The van der Waals surface area contributed by atoms with Crippen molar-refractivity contribution < 1.29 is 0 Å². The van der Waals surface area contributed by atoms with Gasteiger partial charge in [0.1, 0.15) is 0 Å². The first-order chi connectivity index (χ1) is 5.24. The van der Waals surface area contributed by atoms with Gasteiger partial charge in [0.05, 0.1) is 0 Å². The van der Waals surface area contributed by atoms with E-state index >= 15 is 0 Å². The molecular formula is C7H11BrN2S. The molecule has 0 aliphatic carbocycles. The molecule has 0 saturated heterocycles. The van der Waals surface area contributed by atoms with Crippen molar-refractivity contribution in [3.8, 4) is 0 Å². The average Bonchev–Trinajstić information content (AvgIpc) is 2.36. The Labute approximate surface area is 78.7 Å². The molecule has 2 nitrogen and oxygen atoms in total. The zero-order valence-corrected chi connectivity index (χ0v) is 8.49. The molecule has 0 saturated carbocycles. The molecule has 0 unspecified atom stereocenters.